The Morgan fingerprint density at radius 2 is 1.75 bits per heavy atom. The maximum atomic E-state index is 10.8. The first-order chi connectivity index (χ1) is 13.6. The van der Waals surface area contributed by atoms with E-state index in [4.69, 9.17) is 10.5 Å². The Labute approximate surface area is 167 Å². The van der Waals surface area contributed by atoms with Gasteiger partial charge < -0.3 is 15.8 Å². The molecule has 0 saturated heterocycles. The van der Waals surface area contributed by atoms with Crippen molar-refractivity contribution < 1.29 is 9.66 Å². The van der Waals surface area contributed by atoms with E-state index >= 15 is 0 Å². The number of para-hydroxylation sites is 2. The Bertz CT molecular complexity index is 1000. The van der Waals surface area contributed by atoms with Gasteiger partial charge in [0.05, 0.1) is 23.4 Å². The molecule has 7 heteroatoms. The van der Waals surface area contributed by atoms with Gasteiger partial charge in [0.2, 0.25) is 0 Å². The van der Waals surface area contributed by atoms with Gasteiger partial charge in [-0.15, -0.1) is 0 Å². The van der Waals surface area contributed by atoms with Gasteiger partial charge in [0.15, 0.2) is 0 Å². The number of nitrogens with zero attached hydrogens (tertiary/aromatic N) is 1. The number of nitro benzene ring substituents is 1. The molecule has 3 N–H and O–H groups in total. The average molecular weight is 393 g/mol. The largest absolute Gasteiger partial charge is 0.495 e. The van der Waals surface area contributed by atoms with Crippen LogP contribution < -0.4 is 15.8 Å². The van der Waals surface area contributed by atoms with Crippen molar-refractivity contribution in [3.8, 4) is 5.75 Å². The Morgan fingerprint density at radius 3 is 2.43 bits per heavy atom. The van der Waals surface area contributed by atoms with Crippen molar-refractivity contribution in [2.24, 2.45) is 5.73 Å². The number of non-ortho nitro benzene ring substituents is 1. The Morgan fingerprint density at radius 1 is 1.07 bits per heavy atom. The summed E-state index contributed by atoms with van der Waals surface area (Å²) in [4.78, 5) is 12.3. The molecular formula is C21H19N3O3S. The summed E-state index contributed by atoms with van der Waals surface area (Å²) < 4.78 is 5.39. The third-order valence-electron chi connectivity index (χ3n) is 4.00. The van der Waals surface area contributed by atoms with Crippen LogP contribution in [0.15, 0.2) is 88.8 Å². The van der Waals surface area contributed by atoms with E-state index in [9.17, 15) is 10.1 Å². The minimum absolute atomic E-state index is 0.0676. The number of benzene rings is 3. The number of methoxy groups -OCH3 is 1. The molecule has 0 aromatic heterocycles. The van der Waals surface area contributed by atoms with Crippen molar-refractivity contribution in [1.82, 2.24) is 0 Å². The van der Waals surface area contributed by atoms with Gasteiger partial charge in [-0.05, 0) is 30.3 Å². The second kappa shape index (κ2) is 8.96. The molecule has 142 valence electrons. The first-order valence-corrected chi connectivity index (χ1v) is 9.27. The highest BCUT2D eigenvalue weighted by Gasteiger charge is 2.12. The van der Waals surface area contributed by atoms with E-state index in [1.165, 1.54) is 30.1 Å². The lowest BCUT2D eigenvalue weighted by molar-refractivity contribution is -0.384. The van der Waals surface area contributed by atoms with Crippen LogP contribution in [0.25, 0.3) is 5.70 Å². The molecule has 0 radical (unpaired) electrons. The van der Waals surface area contributed by atoms with Crippen LogP contribution in [0.4, 0.5) is 11.4 Å². The summed E-state index contributed by atoms with van der Waals surface area (Å²) >= 11 is 1.51. The molecule has 0 amide bonds. The van der Waals surface area contributed by atoms with Crippen LogP contribution in [0.2, 0.25) is 0 Å². The van der Waals surface area contributed by atoms with E-state index in [0.717, 1.165) is 26.7 Å². The highest BCUT2D eigenvalue weighted by Crippen LogP contribution is 2.35. The number of anilines is 1. The second-order valence-electron chi connectivity index (χ2n) is 5.75. The summed E-state index contributed by atoms with van der Waals surface area (Å²) in [5.74, 6) is 0.711. The topological polar surface area (TPSA) is 90.4 Å². The zero-order valence-electron chi connectivity index (χ0n) is 15.2. The molecule has 6 nitrogen and oxygen atoms in total. The molecule has 0 bridgehead atoms. The Hall–Kier alpha value is -3.45. The van der Waals surface area contributed by atoms with E-state index in [-0.39, 0.29) is 5.69 Å². The molecule has 3 aromatic rings. The first kappa shape index (κ1) is 19.3. The van der Waals surface area contributed by atoms with Gasteiger partial charge >= 0.3 is 0 Å². The zero-order chi connectivity index (χ0) is 19.9. The molecule has 0 aliphatic heterocycles. The predicted octanol–water partition coefficient (Wildman–Crippen LogP) is 5.12. The molecule has 0 heterocycles. The predicted molar refractivity (Wildman–Crippen MR) is 112 cm³/mol. The third-order valence-corrected chi connectivity index (χ3v) is 5.08. The third kappa shape index (κ3) is 4.44. The van der Waals surface area contributed by atoms with Gasteiger partial charge in [0, 0.05) is 33.7 Å². The van der Waals surface area contributed by atoms with E-state index in [1.54, 1.807) is 19.2 Å². The van der Waals surface area contributed by atoms with Crippen LogP contribution in [-0.2, 0) is 0 Å². The highest BCUT2D eigenvalue weighted by molar-refractivity contribution is 7.99. The number of hydrogen-bond donors (Lipinski definition) is 2. The summed E-state index contributed by atoms with van der Waals surface area (Å²) in [7, 11) is 1.62. The number of nitrogens with one attached hydrogen (secondary N) is 1. The SMILES string of the molecule is COc1ccccc1N/C(=C\N)c1ccccc1Sc1ccc([N+](=O)[O-])cc1. The minimum Gasteiger partial charge on any atom is -0.495 e. The van der Waals surface area contributed by atoms with Crippen LogP contribution in [0.5, 0.6) is 5.75 Å². The molecule has 3 rings (SSSR count). The normalized spacial score (nSPS) is 11.1. The van der Waals surface area contributed by atoms with Crippen molar-refractivity contribution in [3.63, 3.8) is 0 Å². The lowest BCUT2D eigenvalue weighted by Gasteiger charge is -2.16. The minimum atomic E-state index is -0.408. The van der Waals surface area contributed by atoms with Crippen molar-refractivity contribution >= 4 is 28.8 Å². The number of rotatable bonds is 7. The number of nitrogens with two attached hydrogens (primary N) is 1. The smallest absolute Gasteiger partial charge is 0.269 e. The average Bonchev–Trinajstić information content (AvgIpc) is 2.73. The van der Waals surface area contributed by atoms with Gasteiger partial charge in [0.25, 0.3) is 5.69 Å². The Balaban J connectivity index is 1.88. The number of ether oxygens (including phenoxy) is 1. The number of nitro groups is 1. The molecule has 0 fully saturated rings. The fraction of sp³-hybridized carbons (Fsp3) is 0.0476. The monoisotopic (exact) mass is 393 g/mol. The van der Waals surface area contributed by atoms with Crippen LogP contribution in [0, 0.1) is 10.1 Å². The van der Waals surface area contributed by atoms with Crippen LogP contribution in [0.1, 0.15) is 5.56 Å². The molecule has 3 aromatic carbocycles. The van der Waals surface area contributed by atoms with Gasteiger partial charge in [0.1, 0.15) is 5.75 Å². The molecule has 0 aliphatic carbocycles. The van der Waals surface area contributed by atoms with Gasteiger partial charge in [-0.3, -0.25) is 10.1 Å². The summed E-state index contributed by atoms with van der Waals surface area (Å²) in [6, 6.07) is 21.9. The standard InChI is InChI=1S/C21H19N3O3S/c1-27-20-8-4-3-7-18(20)23-19(14-22)17-6-2-5-9-21(17)28-16-12-10-15(11-13-16)24(25)26/h2-14,23H,22H2,1H3/b19-14-. The lowest BCUT2D eigenvalue weighted by Crippen LogP contribution is -2.04. The van der Waals surface area contributed by atoms with E-state index in [1.807, 2.05) is 48.5 Å². The lowest BCUT2D eigenvalue weighted by atomic mass is 10.1. The maximum absolute atomic E-state index is 10.8. The molecule has 0 aliphatic rings. The van der Waals surface area contributed by atoms with Crippen molar-refractivity contribution in [2.75, 3.05) is 12.4 Å². The van der Waals surface area contributed by atoms with Gasteiger partial charge in [-0.1, -0.05) is 42.1 Å². The second-order valence-corrected chi connectivity index (χ2v) is 6.87. The summed E-state index contributed by atoms with van der Waals surface area (Å²) in [5, 5.41) is 14.2. The molecule has 28 heavy (non-hydrogen) atoms. The van der Waals surface area contributed by atoms with Crippen molar-refractivity contribution in [1.29, 1.82) is 0 Å². The van der Waals surface area contributed by atoms with Gasteiger partial charge in [-0.2, -0.15) is 0 Å². The molecule has 0 atom stereocenters. The fourth-order valence-corrected chi connectivity index (χ4v) is 3.59. The van der Waals surface area contributed by atoms with Gasteiger partial charge in [-0.25, -0.2) is 0 Å². The van der Waals surface area contributed by atoms with E-state index in [2.05, 4.69) is 5.32 Å². The zero-order valence-corrected chi connectivity index (χ0v) is 16.0. The van der Waals surface area contributed by atoms with E-state index < -0.39 is 4.92 Å². The summed E-state index contributed by atoms with van der Waals surface area (Å²) in [5.41, 5.74) is 8.43. The fourth-order valence-electron chi connectivity index (χ4n) is 2.63. The van der Waals surface area contributed by atoms with E-state index in [0.29, 0.717) is 5.75 Å². The summed E-state index contributed by atoms with van der Waals surface area (Å²) in [6.07, 6.45) is 1.52. The van der Waals surface area contributed by atoms with Crippen LogP contribution in [0.3, 0.4) is 0 Å². The first-order valence-electron chi connectivity index (χ1n) is 8.46. The molecule has 0 unspecified atom stereocenters. The van der Waals surface area contributed by atoms with Crippen LogP contribution >= 0.6 is 11.8 Å². The quantitative estimate of drug-likeness (QED) is 0.427. The van der Waals surface area contributed by atoms with Crippen LogP contribution in [-0.4, -0.2) is 12.0 Å². The molecular weight excluding hydrogens is 374 g/mol. The van der Waals surface area contributed by atoms with Crippen molar-refractivity contribution in [3.05, 3.63) is 94.7 Å². The maximum Gasteiger partial charge on any atom is 0.269 e. The molecule has 0 spiro atoms. The number of hydrogen-bond acceptors (Lipinski definition) is 6. The highest BCUT2D eigenvalue weighted by atomic mass is 32.2. The Kier molecular flexibility index (Phi) is 6.18. The molecule has 0 saturated carbocycles. The summed E-state index contributed by atoms with van der Waals surface area (Å²) in [6.45, 7) is 0. The van der Waals surface area contributed by atoms with Crippen molar-refractivity contribution in [2.45, 2.75) is 9.79 Å².